The highest BCUT2D eigenvalue weighted by Crippen LogP contribution is 2.12. The van der Waals surface area contributed by atoms with Gasteiger partial charge in [0.1, 0.15) is 0 Å². The zero-order valence-corrected chi connectivity index (χ0v) is 11.5. The molecule has 0 unspecified atom stereocenters. The van der Waals surface area contributed by atoms with Crippen LogP contribution in [0.15, 0.2) is 54.6 Å². The molecule has 0 bridgehead atoms. The zero-order chi connectivity index (χ0) is 16.1. The number of carboxylic acid groups (broad SMARTS) is 1. The maximum atomic E-state index is 12.2. The number of aliphatic carboxylic acids is 1. The van der Waals surface area contributed by atoms with Crippen LogP contribution in [-0.4, -0.2) is 28.4 Å². The number of hydrogen-bond acceptors (Lipinski definition) is 4. The van der Waals surface area contributed by atoms with Crippen LogP contribution in [0.5, 0.6) is 0 Å². The van der Waals surface area contributed by atoms with Gasteiger partial charge >= 0.3 is 5.97 Å². The summed E-state index contributed by atoms with van der Waals surface area (Å²) >= 11 is 0. The number of hydrogen-bond donors (Lipinski definition) is 1. The van der Waals surface area contributed by atoms with Gasteiger partial charge in [0.2, 0.25) is 5.78 Å². The molecule has 0 aliphatic carbocycles. The van der Waals surface area contributed by atoms with Gasteiger partial charge in [-0.3, -0.25) is 14.4 Å². The molecular weight excluding hydrogens is 284 g/mol. The summed E-state index contributed by atoms with van der Waals surface area (Å²) in [5.41, 5.74) is 1.13. The van der Waals surface area contributed by atoms with Crippen LogP contribution in [0, 0.1) is 0 Å². The summed E-state index contributed by atoms with van der Waals surface area (Å²) in [5, 5.41) is 8.47. The number of benzene rings is 2. The second-order valence-electron chi connectivity index (χ2n) is 4.60. The van der Waals surface area contributed by atoms with E-state index in [9.17, 15) is 19.2 Å². The molecule has 0 spiro atoms. The van der Waals surface area contributed by atoms with Crippen LogP contribution in [0.2, 0.25) is 0 Å². The van der Waals surface area contributed by atoms with E-state index in [-0.39, 0.29) is 11.3 Å². The van der Waals surface area contributed by atoms with Crippen molar-refractivity contribution in [2.24, 2.45) is 0 Å². The maximum Gasteiger partial charge on any atom is 0.372 e. The van der Waals surface area contributed by atoms with Crippen molar-refractivity contribution in [1.82, 2.24) is 0 Å². The van der Waals surface area contributed by atoms with Crippen molar-refractivity contribution in [3.05, 3.63) is 71.3 Å². The lowest BCUT2D eigenvalue weighted by Gasteiger charge is -2.03. The molecule has 0 atom stereocenters. The first-order valence-corrected chi connectivity index (χ1v) is 6.48. The van der Waals surface area contributed by atoms with Crippen molar-refractivity contribution in [3.8, 4) is 0 Å². The average molecular weight is 296 g/mol. The number of carboxylic acids is 1. The summed E-state index contributed by atoms with van der Waals surface area (Å²) in [6.07, 6.45) is -0.693. The van der Waals surface area contributed by atoms with Crippen molar-refractivity contribution >= 4 is 23.3 Å². The van der Waals surface area contributed by atoms with Gasteiger partial charge in [-0.05, 0) is 0 Å². The summed E-state index contributed by atoms with van der Waals surface area (Å²) in [6.45, 7) is 0. The van der Waals surface area contributed by atoms with E-state index in [4.69, 9.17) is 5.11 Å². The van der Waals surface area contributed by atoms with Gasteiger partial charge in [-0.2, -0.15) is 0 Å². The number of rotatable bonds is 6. The van der Waals surface area contributed by atoms with Crippen LogP contribution in [-0.2, 0) is 9.59 Å². The Kier molecular flexibility index (Phi) is 4.58. The molecule has 0 aromatic heterocycles. The molecule has 0 fully saturated rings. The van der Waals surface area contributed by atoms with Crippen molar-refractivity contribution in [2.45, 2.75) is 6.42 Å². The van der Waals surface area contributed by atoms with Crippen LogP contribution in [0.3, 0.4) is 0 Å². The molecule has 0 amide bonds. The fraction of sp³-hybridized carbons (Fsp3) is 0.0588. The van der Waals surface area contributed by atoms with Gasteiger partial charge < -0.3 is 5.11 Å². The smallest absolute Gasteiger partial charge is 0.372 e. The summed E-state index contributed by atoms with van der Waals surface area (Å²) in [4.78, 5) is 45.4. The summed E-state index contributed by atoms with van der Waals surface area (Å²) in [7, 11) is 0. The molecule has 5 nitrogen and oxygen atoms in total. The fourth-order valence-electron chi connectivity index (χ4n) is 1.89. The second-order valence-corrected chi connectivity index (χ2v) is 4.60. The molecule has 2 aromatic carbocycles. The van der Waals surface area contributed by atoms with Crippen molar-refractivity contribution in [3.63, 3.8) is 0 Å². The zero-order valence-electron chi connectivity index (χ0n) is 11.5. The Morgan fingerprint density at radius 2 is 1.23 bits per heavy atom. The number of ketones is 3. The van der Waals surface area contributed by atoms with E-state index >= 15 is 0 Å². The van der Waals surface area contributed by atoms with E-state index in [2.05, 4.69) is 0 Å². The van der Waals surface area contributed by atoms with E-state index in [0.717, 1.165) is 0 Å². The predicted molar refractivity (Wildman–Crippen MR) is 77.9 cm³/mol. The molecule has 0 radical (unpaired) electrons. The Hall–Kier alpha value is -3.08. The van der Waals surface area contributed by atoms with Gasteiger partial charge in [0, 0.05) is 16.7 Å². The molecule has 2 aromatic rings. The molecule has 110 valence electrons. The van der Waals surface area contributed by atoms with Crippen LogP contribution in [0.4, 0.5) is 0 Å². The molecule has 0 aliphatic heterocycles. The molecule has 0 heterocycles. The largest absolute Gasteiger partial charge is 0.475 e. The SMILES string of the molecule is O=C(O)C(=O)CC(=O)c1ccc(C(=O)c2ccccc2)cc1. The fourth-order valence-corrected chi connectivity index (χ4v) is 1.89. The maximum absolute atomic E-state index is 12.2. The second kappa shape index (κ2) is 6.58. The predicted octanol–water partition coefficient (Wildman–Crippen LogP) is 2.14. The van der Waals surface area contributed by atoms with Gasteiger partial charge in [0.05, 0.1) is 6.42 Å². The molecule has 5 heteroatoms. The Morgan fingerprint density at radius 1 is 0.727 bits per heavy atom. The standard InChI is InChI=1S/C17H12O5/c18-14(10-15(19)17(21)22)11-6-8-13(9-7-11)16(20)12-4-2-1-3-5-12/h1-9H,10H2,(H,21,22). The van der Waals surface area contributed by atoms with Crippen LogP contribution < -0.4 is 0 Å². The van der Waals surface area contributed by atoms with Gasteiger partial charge in [-0.25, -0.2) is 4.79 Å². The third-order valence-electron chi connectivity index (χ3n) is 3.06. The third-order valence-corrected chi connectivity index (χ3v) is 3.06. The van der Waals surface area contributed by atoms with Crippen LogP contribution in [0.25, 0.3) is 0 Å². The average Bonchev–Trinajstić information content (AvgIpc) is 2.55. The van der Waals surface area contributed by atoms with Crippen molar-refractivity contribution < 1.29 is 24.3 Å². The van der Waals surface area contributed by atoms with Crippen molar-refractivity contribution in [2.75, 3.05) is 0 Å². The molecule has 2 rings (SSSR count). The Bertz CT molecular complexity index is 729. The molecule has 1 N–H and O–H groups in total. The molecule has 22 heavy (non-hydrogen) atoms. The van der Waals surface area contributed by atoms with Gasteiger partial charge in [0.15, 0.2) is 11.6 Å². The summed E-state index contributed by atoms with van der Waals surface area (Å²) in [5.74, 6) is -3.56. The Balaban J connectivity index is 2.14. The van der Waals surface area contributed by atoms with E-state index < -0.39 is 24.0 Å². The van der Waals surface area contributed by atoms with E-state index in [1.54, 1.807) is 30.3 Å². The van der Waals surface area contributed by atoms with E-state index in [1.807, 2.05) is 0 Å². The topological polar surface area (TPSA) is 88.5 Å². The minimum Gasteiger partial charge on any atom is -0.475 e. The first-order chi connectivity index (χ1) is 10.5. The summed E-state index contributed by atoms with van der Waals surface area (Å²) in [6, 6.07) is 14.5. The van der Waals surface area contributed by atoms with Crippen LogP contribution >= 0.6 is 0 Å². The minimum atomic E-state index is -1.63. The number of Topliss-reactive ketones (excluding diaryl/α,β-unsaturated/α-hetero) is 2. The lowest BCUT2D eigenvalue weighted by atomic mass is 10.00. The number of carbonyl (C=O) groups excluding carboxylic acids is 3. The van der Waals surface area contributed by atoms with Gasteiger partial charge in [0.25, 0.3) is 0 Å². The lowest BCUT2D eigenvalue weighted by molar-refractivity contribution is -0.148. The molecule has 0 aliphatic rings. The highest BCUT2D eigenvalue weighted by atomic mass is 16.4. The molecular formula is C17H12O5. The molecule has 0 saturated heterocycles. The number of carbonyl (C=O) groups is 4. The van der Waals surface area contributed by atoms with Gasteiger partial charge in [-0.1, -0.05) is 54.6 Å². The highest BCUT2D eigenvalue weighted by Gasteiger charge is 2.18. The van der Waals surface area contributed by atoms with Crippen molar-refractivity contribution in [1.29, 1.82) is 0 Å². The van der Waals surface area contributed by atoms with Gasteiger partial charge in [-0.15, -0.1) is 0 Å². The van der Waals surface area contributed by atoms with E-state index in [0.29, 0.717) is 11.1 Å². The monoisotopic (exact) mass is 296 g/mol. The first kappa shape index (κ1) is 15.3. The third kappa shape index (κ3) is 3.52. The first-order valence-electron chi connectivity index (χ1n) is 6.48. The van der Waals surface area contributed by atoms with Crippen LogP contribution in [0.1, 0.15) is 32.7 Å². The molecule has 0 saturated carbocycles. The Labute approximate surface area is 126 Å². The summed E-state index contributed by atoms with van der Waals surface area (Å²) < 4.78 is 0. The Morgan fingerprint density at radius 3 is 1.77 bits per heavy atom. The van der Waals surface area contributed by atoms with E-state index in [1.165, 1.54) is 24.3 Å². The normalized spacial score (nSPS) is 10.0. The quantitative estimate of drug-likeness (QED) is 0.501. The lowest BCUT2D eigenvalue weighted by Crippen LogP contribution is -2.17. The minimum absolute atomic E-state index is 0.179. The highest BCUT2D eigenvalue weighted by molar-refractivity contribution is 6.37.